The van der Waals surface area contributed by atoms with Gasteiger partial charge in [0.2, 0.25) is 0 Å². The standard InChI is InChI=1S/C15H15BrClNS/c1-10(18-2)14-8-7-13(9-15(14)17)19-12-5-3-11(16)4-6-12/h3-10,18H,1-2H3. The molecule has 0 amide bonds. The third-order valence-electron chi connectivity index (χ3n) is 2.92. The molecule has 1 unspecified atom stereocenters. The zero-order valence-electron chi connectivity index (χ0n) is 10.8. The van der Waals surface area contributed by atoms with Gasteiger partial charge < -0.3 is 5.32 Å². The second-order valence-electron chi connectivity index (χ2n) is 4.25. The van der Waals surface area contributed by atoms with Gasteiger partial charge in [0.1, 0.15) is 0 Å². The highest BCUT2D eigenvalue weighted by molar-refractivity contribution is 9.10. The average molecular weight is 357 g/mol. The van der Waals surface area contributed by atoms with Crippen LogP contribution >= 0.6 is 39.3 Å². The molecule has 19 heavy (non-hydrogen) atoms. The summed E-state index contributed by atoms with van der Waals surface area (Å²) in [4.78, 5) is 2.35. The predicted octanol–water partition coefficient (Wildman–Crippen LogP) is 5.53. The summed E-state index contributed by atoms with van der Waals surface area (Å²) < 4.78 is 1.09. The minimum atomic E-state index is 0.263. The van der Waals surface area contributed by atoms with Crippen molar-refractivity contribution in [2.45, 2.75) is 22.8 Å². The summed E-state index contributed by atoms with van der Waals surface area (Å²) in [6, 6.07) is 14.8. The Bertz CT molecular complexity index is 557. The van der Waals surface area contributed by atoms with Crippen LogP contribution in [0.2, 0.25) is 5.02 Å². The van der Waals surface area contributed by atoms with Gasteiger partial charge in [-0.3, -0.25) is 0 Å². The van der Waals surface area contributed by atoms with E-state index in [1.165, 1.54) is 4.90 Å². The quantitative estimate of drug-likeness (QED) is 0.772. The highest BCUT2D eigenvalue weighted by Gasteiger charge is 2.08. The third-order valence-corrected chi connectivity index (χ3v) is 4.77. The number of rotatable bonds is 4. The first-order chi connectivity index (χ1) is 9.10. The lowest BCUT2D eigenvalue weighted by atomic mass is 10.1. The van der Waals surface area contributed by atoms with Crippen LogP contribution in [0.25, 0.3) is 0 Å². The summed E-state index contributed by atoms with van der Waals surface area (Å²) in [6.45, 7) is 2.10. The fraction of sp³-hybridized carbons (Fsp3) is 0.200. The zero-order valence-corrected chi connectivity index (χ0v) is 13.9. The van der Waals surface area contributed by atoms with Crippen molar-refractivity contribution in [2.75, 3.05) is 7.05 Å². The Balaban J connectivity index is 2.18. The van der Waals surface area contributed by atoms with Crippen molar-refractivity contribution in [1.82, 2.24) is 5.32 Å². The largest absolute Gasteiger partial charge is 0.313 e. The van der Waals surface area contributed by atoms with Crippen LogP contribution in [-0.4, -0.2) is 7.05 Å². The van der Waals surface area contributed by atoms with Crippen molar-refractivity contribution in [2.24, 2.45) is 0 Å². The highest BCUT2D eigenvalue weighted by atomic mass is 79.9. The van der Waals surface area contributed by atoms with Gasteiger partial charge in [-0.2, -0.15) is 0 Å². The molecule has 2 aromatic carbocycles. The molecule has 4 heteroatoms. The van der Waals surface area contributed by atoms with Gasteiger partial charge in [0, 0.05) is 25.3 Å². The van der Waals surface area contributed by atoms with Gasteiger partial charge in [-0.25, -0.2) is 0 Å². The van der Waals surface area contributed by atoms with Crippen LogP contribution in [0, 0.1) is 0 Å². The van der Waals surface area contributed by atoms with E-state index in [0.717, 1.165) is 20.0 Å². The van der Waals surface area contributed by atoms with E-state index in [9.17, 15) is 0 Å². The van der Waals surface area contributed by atoms with E-state index in [-0.39, 0.29) is 6.04 Å². The second kappa shape index (κ2) is 6.80. The van der Waals surface area contributed by atoms with Gasteiger partial charge in [0.15, 0.2) is 0 Å². The number of benzene rings is 2. The predicted molar refractivity (Wildman–Crippen MR) is 87.2 cm³/mol. The molecule has 0 heterocycles. The molecule has 0 aliphatic carbocycles. The first-order valence-corrected chi connectivity index (χ1v) is 7.99. The topological polar surface area (TPSA) is 12.0 Å². The molecule has 1 N–H and O–H groups in total. The normalized spacial score (nSPS) is 12.4. The lowest BCUT2D eigenvalue weighted by Crippen LogP contribution is -2.12. The Morgan fingerprint density at radius 1 is 1.11 bits per heavy atom. The average Bonchev–Trinajstić information content (AvgIpc) is 2.41. The molecule has 1 nitrogen and oxygen atoms in total. The molecule has 2 rings (SSSR count). The fourth-order valence-electron chi connectivity index (χ4n) is 1.72. The molecular formula is C15H15BrClNS. The Kier molecular flexibility index (Phi) is 5.34. The van der Waals surface area contributed by atoms with E-state index in [0.29, 0.717) is 0 Å². The van der Waals surface area contributed by atoms with Crippen molar-refractivity contribution in [3.8, 4) is 0 Å². The maximum Gasteiger partial charge on any atom is 0.0464 e. The summed E-state index contributed by atoms with van der Waals surface area (Å²) in [7, 11) is 1.94. The maximum absolute atomic E-state index is 6.33. The van der Waals surface area contributed by atoms with Crippen LogP contribution in [0.5, 0.6) is 0 Å². The molecule has 0 saturated heterocycles. The molecule has 0 aromatic heterocycles. The van der Waals surface area contributed by atoms with Gasteiger partial charge >= 0.3 is 0 Å². The van der Waals surface area contributed by atoms with Crippen molar-refractivity contribution in [3.05, 3.63) is 57.5 Å². The van der Waals surface area contributed by atoms with Crippen molar-refractivity contribution >= 4 is 39.3 Å². The molecule has 1 atom stereocenters. The molecule has 0 saturated carbocycles. The summed E-state index contributed by atoms with van der Waals surface area (Å²) in [5.41, 5.74) is 1.13. The Labute approximate surface area is 131 Å². The Morgan fingerprint density at radius 3 is 2.32 bits per heavy atom. The van der Waals surface area contributed by atoms with E-state index in [1.54, 1.807) is 11.8 Å². The SMILES string of the molecule is CNC(C)c1ccc(Sc2ccc(Br)cc2)cc1Cl. The Morgan fingerprint density at radius 2 is 1.74 bits per heavy atom. The first-order valence-electron chi connectivity index (χ1n) is 6.00. The fourth-order valence-corrected chi connectivity index (χ4v) is 3.25. The number of nitrogens with one attached hydrogen (secondary N) is 1. The van der Waals surface area contributed by atoms with Crippen LogP contribution in [-0.2, 0) is 0 Å². The monoisotopic (exact) mass is 355 g/mol. The van der Waals surface area contributed by atoms with Gasteiger partial charge in [0.05, 0.1) is 0 Å². The third kappa shape index (κ3) is 3.99. The molecule has 0 fully saturated rings. The van der Waals surface area contributed by atoms with Crippen molar-refractivity contribution in [1.29, 1.82) is 0 Å². The molecule has 0 spiro atoms. The lowest BCUT2D eigenvalue weighted by Gasteiger charge is -2.13. The van der Waals surface area contributed by atoms with E-state index >= 15 is 0 Å². The molecule has 100 valence electrons. The summed E-state index contributed by atoms with van der Waals surface area (Å²) in [5.74, 6) is 0. The minimum Gasteiger partial charge on any atom is -0.313 e. The second-order valence-corrected chi connectivity index (χ2v) is 6.72. The summed E-state index contributed by atoms with van der Waals surface area (Å²) in [6.07, 6.45) is 0. The molecular weight excluding hydrogens is 342 g/mol. The van der Waals surface area contributed by atoms with Crippen LogP contribution in [0.15, 0.2) is 56.7 Å². The minimum absolute atomic E-state index is 0.263. The summed E-state index contributed by atoms with van der Waals surface area (Å²) in [5, 5.41) is 4.01. The van der Waals surface area contributed by atoms with E-state index < -0.39 is 0 Å². The number of hydrogen-bond donors (Lipinski definition) is 1. The Hall–Kier alpha value is -0.480. The van der Waals surface area contributed by atoms with Crippen molar-refractivity contribution in [3.63, 3.8) is 0 Å². The zero-order chi connectivity index (χ0) is 13.8. The van der Waals surface area contributed by atoms with Crippen molar-refractivity contribution < 1.29 is 0 Å². The summed E-state index contributed by atoms with van der Waals surface area (Å²) >= 11 is 11.5. The first kappa shape index (κ1) is 14.9. The van der Waals surface area contributed by atoms with E-state index in [2.05, 4.69) is 52.4 Å². The number of halogens is 2. The molecule has 0 aliphatic heterocycles. The van der Waals surface area contributed by atoms with Crippen LogP contribution in [0.3, 0.4) is 0 Å². The van der Waals surface area contributed by atoms with Gasteiger partial charge in [0.25, 0.3) is 0 Å². The molecule has 0 bridgehead atoms. The smallest absolute Gasteiger partial charge is 0.0464 e. The van der Waals surface area contributed by atoms with Gasteiger partial charge in [-0.05, 0) is 55.9 Å². The van der Waals surface area contributed by atoms with Crippen LogP contribution < -0.4 is 5.32 Å². The molecule has 0 radical (unpaired) electrons. The van der Waals surface area contributed by atoms with Crippen LogP contribution in [0.4, 0.5) is 0 Å². The van der Waals surface area contributed by atoms with E-state index in [1.807, 2.05) is 25.2 Å². The molecule has 0 aliphatic rings. The highest BCUT2D eigenvalue weighted by Crippen LogP contribution is 2.33. The molecule has 2 aromatic rings. The van der Waals surface area contributed by atoms with Crippen LogP contribution in [0.1, 0.15) is 18.5 Å². The van der Waals surface area contributed by atoms with Gasteiger partial charge in [-0.15, -0.1) is 0 Å². The van der Waals surface area contributed by atoms with E-state index in [4.69, 9.17) is 11.6 Å². The maximum atomic E-state index is 6.33. The number of hydrogen-bond acceptors (Lipinski definition) is 2. The lowest BCUT2D eigenvalue weighted by molar-refractivity contribution is 0.652. The van der Waals surface area contributed by atoms with Gasteiger partial charge in [-0.1, -0.05) is 45.4 Å².